The third kappa shape index (κ3) is 2.58. The molecule has 2 aromatic rings. The number of nitrogens with zero attached hydrogens (tertiary/aromatic N) is 2. The number of aryl methyl sites for hydroxylation is 2. The van der Waals surface area contributed by atoms with Gasteiger partial charge >= 0.3 is 0 Å². The van der Waals surface area contributed by atoms with Crippen molar-refractivity contribution in [3.05, 3.63) is 42.0 Å². The molecule has 0 amide bonds. The van der Waals surface area contributed by atoms with Crippen LogP contribution >= 0.6 is 0 Å². The summed E-state index contributed by atoms with van der Waals surface area (Å²) in [5.74, 6) is 1.31. The number of imidazole rings is 1. The highest BCUT2D eigenvalue weighted by Crippen LogP contribution is 2.20. The van der Waals surface area contributed by atoms with E-state index in [0.29, 0.717) is 12.3 Å². The molecule has 2 N–H and O–H groups in total. The number of nitrogens with one attached hydrogen (secondary N) is 1. The van der Waals surface area contributed by atoms with E-state index in [-0.39, 0.29) is 0 Å². The van der Waals surface area contributed by atoms with Crippen LogP contribution < -0.4 is 5.32 Å². The summed E-state index contributed by atoms with van der Waals surface area (Å²) in [6.07, 6.45) is 3.78. The molecular weight excluding hydrogens is 214 g/mol. The van der Waals surface area contributed by atoms with Crippen LogP contribution in [0.1, 0.15) is 18.3 Å². The van der Waals surface area contributed by atoms with Gasteiger partial charge in [0.2, 0.25) is 0 Å². The SMILES string of the molecule is CCn1ccnc1CNc1ccc(O)cc1C. The molecule has 90 valence electrons. The van der Waals surface area contributed by atoms with E-state index in [2.05, 4.69) is 21.8 Å². The molecule has 0 spiro atoms. The van der Waals surface area contributed by atoms with Gasteiger partial charge < -0.3 is 15.0 Å². The Bertz CT molecular complexity index is 505. The minimum Gasteiger partial charge on any atom is -0.508 e. The molecule has 0 aliphatic heterocycles. The van der Waals surface area contributed by atoms with Gasteiger partial charge in [0, 0.05) is 24.6 Å². The maximum absolute atomic E-state index is 9.33. The standard InChI is InChI=1S/C13H17N3O/c1-3-16-7-6-14-13(16)9-15-12-5-4-11(17)8-10(12)2/h4-8,15,17H,3,9H2,1-2H3. The lowest BCUT2D eigenvalue weighted by molar-refractivity contribution is 0.475. The largest absolute Gasteiger partial charge is 0.508 e. The maximum atomic E-state index is 9.33. The topological polar surface area (TPSA) is 50.1 Å². The van der Waals surface area contributed by atoms with E-state index < -0.39 is 0 Å². The van der Waals surface area contributed by atoms with Crippen LogP contribution in [0.2, 0.25) is 0 Å². The van der Waals surface area contributed by atoms with Gasteiger partial charge in [-0.05, 0) is 37.6 Å². The summed E-state index contributed by atoms with van der Waals surface area (Å²) in [7, 11) is 0. The first kappa shape index (κ1) is 11.5. The minimum atomic E-state index is 0.295. The number of aromatic nitrogens is 2. The van der Waals surface area contributed by atoms with Gasteiger partial charge in [-0.15, -0.1) is 0 Å². The minimum absolute atomic E-state index is 0.295. The lowest BCUT2D eigenvalue weighted by Gasteiger charge is -2.10. The van der Waals surface area contributed by atoms with Crippen LogP contribution in [0.25, 0.3) is 0 Å². The van der Waals surface area contributed by atoms with E-state index >= 15 is 0 Å². The first-order chi connectivity index (χ1) is 8.20. The average molecular weight is 231 g/mol. The maximum Gasteiger partial charge on any atom is 0.128 e. The highest BCUT2D eigenvalue weighted by molar-refractivity contribution is 5.53. The lowest BCUT2D eigenvalue weighted by atomic mass is 10.2. The van der Waals surface area contributed by atoms with Crippen LogP contribution in [-0.2, 0) is 13.1 Å². The molecule has 2 rings (SSSR count). The van der Waals surface area contributed by atoms with Crippen molar-refractivity contribution in [3.63, 3.8) is 0 Å². The summed E-state index contributed by atoms with van der Waals surface area (Å²) in [6.45, 7) is 5.67. The van der Waals surface area contributed by atoms with E-state index in [0.717, 1.165) is 23.6 Å². The molecule has 0 saturated carbocycles. The van der Waals surface area contributed by atoms with Crippen molar-refractivity contribution in [1.82, 2.24) is 9.55 Å². The smallest absolute Gasteiger partial charge is 0.128 e. The highest BCUT2D eigenvalue weighted by atomic mass is 16.3. The summed E-state index contributed by atoms with van der Waals surface area (Å²) >= 11 is 0. The molecule has 0 bridgehead atoms. The Morgan fingerprint density at radius 1 is 1.41 bits per heavy atom. The molecule has 0 aliphatic carbocycles. The molecule has 1 aromatic heterocycles. The van der Waals surface area contributed by atoms with Crippen LogP contribution in [0.15, 0.2) is 30.6 Å². The highest BCUT2D eigenvalue weighted by Gasteiger charge is 2.03. The summed E-state index contributed by atoms with van der Waals surface area (Å²) < 4.78 is 2.10. The van der Waals surface area contributed by atoms with Gasteiger partial charge in [0.05, 0.1) is 6.54 Å². The molecular formula is C13H17N3O. The molecule has 17 heavy (non-hydrogen) atoms. The third-order valence-corrected chi connectivity index (χ3v) is 2.79. The van der Waals surface area contributed by atoms with Crippen molar-refractivity contribution >= 4 is 5.69 Å². The number of rotatable bonds is 4. The van der Waals surface area contributed by atoms with Crippen LogP contribution in [-0.4, -0.2) is 14.7 Å². The molecule has 0 fully saturated rings. The number of anilines is 1. The fourth-order valence-corrected chi connectivity index (χ4v) is 1.82. The van der Waals surface area contributed by atoms with Crippen molar-refractivity contribution in [2.75, 3.05) is 5.32 Å². The van der Waals surface area contributed by atoms with Crippen molar-refractivity contribution < 1.29 is 5.11 Å². The lowest BCUT2D eigenvalue weighted by Crippen LogP contribution is -2.08. The van der Waals surface area contributed by atoms with Gasteiger partial charge in [-0.25, -0.2) is 4.98 Å². The second kappa shape index (κ2) is 4.91. The van der Waals surface area contributed by atoms with Crippen molar-refractivity contribution in [3.8, 4) is 5.75 Å². The van der Waals surface area contributed by atoms with E-state index in [1.807, 2.05) is 25.4 Å². The average Bonchev–Trinajstić information content (AvgIpc) is 2.75. The number of hydrogen-bond acceptors (Lipinski definition) is 3. The summed E-state index contributed by atoms with van der Waals surface area (Å²) in [5, 5.41) is 12.7. The molecule has 0 unspecified atom stereocenters. The summed E-state index contributed by atoms with van der Waals surface area (Å²) in [6, 6.07) is 5.31. The molecule has 4 heteroatoms. The van der Waals surface area contributed by atoms with Gasteiger partial charge in [-0.1, -0.05) is 0 Å². The fraction of sp³-hybridized carbons (Fsp3) is 0.308. The number of hydrogen-bond donors (Lipinski definition) is 2. The fourth-order valence-electron chi connectivity index (χ4n) is 1.82. The predicted molar refractivity (Wildman–Crippen MR) is 68.1 cm³/mol. The van der Waals surface area contributed by atoms with Crippen LogP contribution in [0, 0.1) is 6.92 Å². The Hall–Kier alpha value is -1.97. The Kier molecular flexibility index (Phi) is 3.32. The molecule has 0 aliphatic rings. The van der Waals surface area contributed by atoms with Gasteiger partial charge in [-0.2, -0.15) is 0 Å². The number of benzene rings is 1. The zero-order valence-corrected chi connectivity index (χ0v) is 10.1. The van der Waals surface area contributed by atoms with Gasteiger partial charge in [0.25, 0.3) is 0 Å². The van der Waals surface area contributed by atoms with Crippen LogP contribution in [0.4, 0.5) is 5.69 Å². The Morgan fingerprint density at radius 2 is 2.24 bits per heavy atom. The summed E-state index contributed by atoms with van der Waals surface area (Å²) in [5.41, 5.74) is 2.05. The quantitative estimate of drug-likeness (QED) is 0.795. The van der Waals surface area contributed by atoms with E-state index in [4.69, 9.17) is 0 Å². The van der Waals surface area contributed by atoms with Crippen molar-refractivity contribution in [1.29, 1.82) is 0 Å². The van der Waals surface area contributed by atoms with Crippen LogP contribution in [0.3, 0.4) is 0 Å². The summed E-state index contributed by atoms with van der Waals surface area (Å²) in [4.78, 5) is 4.30. The Labute approximate surface area is 101 Å². The Morgan fingerprint density at radius 3 is 2.94 bits per heavy atom. The number of phenols is 1. The number of phenolic OH excluding ortho intramolecular Hbond substituents is 1. The molecule has 4 nitrogen and oxygen atoms in total. The van der Waals surface area contributed by atoms with Gasteiger partial charge in [0.1, 0.15) is 11.6 Å². The second-order valence-corrected chi connectivity index (χ2v) is 3.98. The molecule has 1 heterocycles. The first-order valence-corrected chi connectivity index (χ1v) is 5.74. The zero-order chi connectivity index (χ0) is 12.3. The van der Waals surface area contributed by atoms with Crippen molar-refractivity contribution in [2.45, 2.75) is 26.9 Å². The monoisotopic (exact) mass is 231 g/mol. The third-order valence-electron chi connectivity index (χ3n) is 2.79. The van der Waals surface area contributed by atoms with E-state index in [1.165, 1.54) is 0 Å². The number of aromatic hydroxyl groups is 1. The normalized spacial score (nSPS) is 10.5. The molecule has 1 aromatic carbocycles. The van der Waals surface area contributed by atoms with E-state index in [9.17, 15) is 5.11 Å². The molecule has 0 atom stereocenters. The molecule has 0 radical (unpaired) electrons. The van der Waals surface area contributed by atoms with Gasteiger partial charge in [-0.3, -0.25) is 0 Å². The predicted octanol–water partition coefficient (Wildman–Crippen LogP) is 2.53. The van der Waals surface area contributed by atoms with Gasteiger partial charge in [0.15, 0.2) is 0 Å². The van der Waals surface area contributed by atoms with Crippen molar-refractivity contribution in [2.24, 2.45) is 0 Å². The second-order valence-electron chi connectivity index (χ2n) is 3.98. The zero-order valence-electron chi connectivity index (χ0n) is 10.1. The van der Waals surface area contributed by atoms with E-state index in [1.54, 1.807) is 12.1 Å². The molecule has 0 saturated heterocycles. The Balaban J connectivity index is 2.07. The first-order valence-electron chi connectivity index (χ1n) is 5.74. The van der Waals surface area contributed by atoms with Crippen LogP contribution in [0.5, 0.6) is 5.75 Å².